The van der Waals surface area contributed by atoms with Crippen molar-refractivity contribution in [2.24, 2.45) is 0 Å². The number of anilines is 2. The Morgan fingerprint density at radius 3 is 2.00 bits per heavy atom. The Hall–Kier alpha value is -2.66. The predicted octanol–water partition coefficient (Wildman–Crippen LogP) is 3.86. The van der Waals surface area contributed by atoms with Crippen molar-refractivity contribution >= 4 is 11.9 Å². The van der Waals surface area contributed by atoms with Gasteiger partial charge in [-0.1, -0.05) is 6.07 Å². The van der Waals surface area contributed by atoms with E-state index < -0.39 is 61.7 Å². The molecule has 2 N–H and O–H groups in total. The van der Waals surface area contributed by atoms with Gasteiger partial charge in [-0.05, 0) is 12.1 Å². The Balaban J connectivity index is 1.69. The van der Waals surface area contributed by atoms with Crippen LogP contribution in [0, 0.1) is 0 Å². The second-order valence-electron chi connectivity index (χ2n) is 7.31. The van der Waals surface area contributed by atoms with E-state index in [0.29, 0.717) is 0 Å². The first-order valence-electron chi connectivity index (χ1n) is 8.84. The first kappa shape index (κ1) is 19.6. The van der Waals surface area contributed by atoms with Gasteiger partial charge in [0, 0.05) is 37.8 Å². The number of nitrogen functional groups attached to an aromatic ring is 1. The molecule has 0 spiro atoms. The molecule has 2 saturated carbocycles. The number of halogens is 6. The van der Waals surface area contributed by atoms with Crippen molar-refractivity contribution in [2.45, 2.75) is 56.0 Å². The van der Waals surface area contributed by atoms with Gasteiger partial charge < -0.3 is 10.6 Å². The van der Waals surface area contributed by atoms with E-state index >= 15 is 0 Å². The van der Waals surface area contributed by atoms with Gasteiger partial charge in [-0.25, -0.2) is 31.3 Å². The van der Waals surface area contributed by atoms with E-state index in [2.05, 4.69) is 19.9 Å². The van der Waals surface area contributed by atoms with E-state index in [9.17, 15) is 26.3 Å². The van der Waals surface area contributed by atoms with Gasteiger partial charge in [-0.15, -0.1) is 0 Å². The molecule has 6 nitrogen and oxygen atoms in total. The van der Waals surface area contributed by atoms with Gasteiger partial charge in [0.05, 0.1) is 0 Å². The summed E-state index contributed by atoms with van der Waals surface area (Å²) in [6, 6.07) is 2.37. The Kier molecular flexibility index (Phi) is 4.54. The van der Waals surface area contributed by atoms with E-state index in [-0.39, 0.29) is 23.4 Å². The maximum Gasteiger partial charge on any atom is 0.280 e. The van der Waals surface area contributed by atoms with Gasteiger partial charge in [-0.3, -0.25) is 0 Å². The smallest absolute Gasteiger partial charge is 0.280 e. The molecule has 0 aromatic carbocycles. The van der Waals surface area contributed by atoms with Gasteiger partial charge in [-0.2, -0.15) is 15.0 Å². The van der Waals surface area contributed by atoms with Crippen LogP contribution in [0.1, 0.15) is 37.8 Å². The summed E-state index contributed by atoms with van der Waals surface area (Å²) in [5.74, 6) is -6.35. The number of nitrogens with zero attached hydrogens (tertiary/aromatic N) is 5. The van der Waals surface area contributed by atoms with E-state index in [1.165, 1.54) is 17.0 Å². The number of hydrogen-bond acceptors (Lipinski definition) is 6. The fraction of sp³-hybridized carbons (Fsp3) is 0.529. The highest BCUT2D eigenvalue weighted by molar-refractivity contribution is 5.54. The lowest BCUT2D eigenvalue weighted by atomic mass is 9.80. The number of aromatic nitrogens is 4. The number of hydrogen-bond donors (Lipinski definition) is 1. The fourth-order valence-corrected chi connectivity index (χ4v) is 3.59. The molecular weight excluding hydrogens is 402 g/mol. The molecule has 0 aliphatic heterocycles. The topological polar surface area (TPSA) is 80.8 Å². The second kappa shape index (κ2) is 6.70. The van der Waals surface area contributed by atoms with E-state index in [4.69, 9.17) is 5.73 Å². The minimum atomic E-state index is -2.89. The number of alkyl halides is 6. The van der Waals surface area contributed by atoms with Crippen molar-refractivity contribution in [3.63, 3.8) is 0 Å². The van der Waals surface area contributed by atoms with Crippen molar-refractivity contribution in [2.75, 3.05) is 10.6 Å². The first-order chi connectivity index (χ1) is 13.5. The lowest BCUT2D eigenvalue weighted by Gasteiger charge is -2.50. The fourth-order valence-electron chi connectivity index (χ4n) is 3.59. The van der Waals surface area contributed by atoms with Gasteiger partial charge in [0.15, 0.2) is 5.82 Å². The van der Waals surface area contributed by atoms with Crippen molar-refractivity contribution < 1.29 is 26.3 Å². The zero-order valence-electron chi connectivity index (χ0n) is 14.9. The Labute approximate surface area is 161 Å². The molecule has 29 heavy (non-hydrogen) atoms. The summed E-state index contributed by atoms with van der Waals surface area (Å²) >= 11 is 0. The molecule has 0 amide bonds. The quantitative estimate of drug-likeness (QED) is 0.743. The summed E-state index contributed by atoms with van der Waals surface area (Å²) in [6.45, 7) is 0. The summed E-state index contributed by atoms with van der Waals surface area (Å²) in [7, 11) is 0. The number of nitrogens with two attached hydrogens (primary N) is 1. The first-order valence-corrected chi connectivity index (χ1v) is 8.84. The van der Waals surface area contributed by atoms with Crippen LogP contribution in [0.25, 0.3) is 11.5 Å². The van der Waals surface area contributed by atoms with Crippen LogP contribution in [0.2, 0.25) is 0 Å². The van der Waals surface area contributed by atoms with Crippen LogP contribution in [-0.2, 0) is 0 Å². The van der Waals surface area contributed by atoms with Crippen LogP contribution in [0.5, 0.6) is 0 Å². The molecule has 156 valence electrons. The Bertz CT molecular complexity index is 883. The average molecular weight is 418 g/mol. The largest absolute Gasteiger partial charge is 0.368 e. The van der Waals surface area contributed by atoms with Crippen LogP contribution < -0.4 is 10.6 Å². The lowest BCUT2D eigenvalue weighted by molar-refractivity contribution is -0.111. The highest BCUT2D eigenvalue weighted by Gasteiger charge is 2.55. The maximum absolute atomic E-state index is 13.4. The molecule has 2 aromatic rings. The molecule has 12 heteroatoms. The van der Waals surface area contributed by atoms with E-state index in [0.717, 1.165) is 6.07 Å². The van der Waals surface area contributed by atoms with E-state index in [1.54, 1.807) is 0 Å². The van der Waals surface area contributed by atoms with E-state index in [1.807, 2.05) is 0 Å². The molecule has 0 radical (unpaired) electrons. The van der Waals surface area contributed by atoms with Gasteiger partial charge in [0.25, 0.3) is 18.3 Å². The van der Waals surface area contributed by atoms with Crippen LogP contribution in [0.15, 0.2) is 18.2 Å². The summed E-state index contributed by atoms with van der Waals surface area (Å²) in [6.07, 6.45) is -4.89. The zero-order chi connectivity index (χ0) is 21.0. The highest BCUT2D eigenvalue weighted by Crippen LogP contribution is 2.48. The summed E-state index contributed by atoms with van der Waals surface area (Å²) in [5, 5.41) is 0. The van der Waals surface area contributed by atoms with Gasteiger partial charge >= 0.3 is 0 Å². The Morgan fingerprint density at radius 1 is 0.897 bits per heavy atom. The summed E-state index contributed by atoms with van der Waals surface area (Å²) in [4.78, 5) is 17.0. The van der Waals surface area contributed by atoms with Crippen molar-refractivity contribution in [3.05, 3.63) is 23.9 Å². The molecule has 4 rings (SSSR count). The Morgan fingerprint density at radius 2 is 1.48 bits per heavy atom. The third-order valence-corrected chi connectivity index (χ3v) is 5.02. The minimum absolute atomic E-state index is 0.0176. The molecule has 2 fully saturated rings. The number of rotatable bonds is 5. The molecule has 2 heterocycles. The molecule has 0 unspecified atom stereocenters. The molecule has 0 atom stereocenters. The normalized spacial score (nSPS) is 20.9. The predicted molar refractivity (Wildman–Crippen MR) is 90.8 cm³/mol. The molecule has 0 bridgehead atoms. The molecule has 2 aromatic heterocycles. The van der Waals surface area contributed by atoms with Crippen molar-refractivity contribution in [1.82, 2.24) is 19.9 Å². The zero-order valence-corrected chi connectivity index (χ0v) is 14.9. The molecule has 2 aliphatic rings. The van der Waals surface area contributed by atoms with Gasteiger partial charge in [0.2, 0.25) is 11.9 Å². The number of pyridine rings is 1. The van der Waals surface area contributed by atoms with Crippen LogP contribution in [0.3, 0.4) is 0 Å². The van der Waals surface area contributed by atoms with Gasteiger partial charge in [0.1, 0.15) is 11.4 Å². The minimum Gasteiger partial charge on any atom is -0.368 e. The van der Waals surface area contributed by atoms with Crippen LogP contribution in [0.4, 0.5) is 38.2 Å². The maximum atomic E-state index is 13.4. The summed E-state index contributed by atoms with van der Waals surface area (Å²) < 4.78 is 79.5. The van der Waals surface area contributed by atoms with Crippen LogP contribution >= 0.6 is 0 Å². The third-order valence-electron chi connectivity index (χ3n) is 5.02. The molecule has 0 saturated heterocycles. The second-order valence-corrected chi connectivity index (χ2v) is 7.31. The SMILES string of the molecule is Nc1nc(-c2cccc(C(F)F)n2)nc(N(C2CC(F)(F)C2)C2CC(F)(F)C2)n1. The van der Waals surface area contributed by atoms with Crippen molar-refractivity contribution in [3.8, 4) is 11.5 Å². The molecular formula is C17H16F6N6. The van der Waals surface area contributed by atoms with Crippen LogP contribution in [-0.4, -0.2) is 43.9 Å². The monoisotopic (exact) mass is 418 g/mol. The summed E-state index contributed by atoms with van der Waals surface area (Å²) in [5.41, 5.74) is 5.18. The third kappa shape index (κ3) is 3.92. The molecule has 2 aliphatic carbocycles. The van der Waals surface area contributed by atoms with Crippen molar-refractivity contribution in [1.29, 1.82) is 0 Å². The average Bonchev–Trinajstić information content (AvgIpc) is 2.58. The standard InChI is InChI=1S/C17H16F6N6/c18-12(19)10-2-1-3-11(25-10)13-26-14(24)28-15(27-13)29(8-4-16(20,21)5-8)9-6-17(22,23)7-9/h1-3,8-9,12H,4-7H2,(H2,24,26,27,28). The highest BCUT2D eigenvalue weighted by atomic mass is 19.3. The lowest BCUT2D eigenvalue weighted by Crippen LogP contribution is -2.60.